The standard InChI is InChI=1S/C42H43FN6O6Si/c1-25-38(56(2,3)43)36(22-37(51)46-20-8-9-29(46)24-50)55-42(25)32-21-28(49-40(53)31-11-5-7-13-34(31)45-49)18-19-35(32)47(41(42)54)23-26-14-16-27(17-15-26)48-39(52)30-10-4-6-12-33(30)44-48/h4-7,10-19,21,25,29,36,38,44-45,50H,8-9,20,22-24H2,1-3H3/t25-,29-,36+,38-,42+/m0/s1. The molecular formula is C42H43FN6O6Si. The molecule has 2 fully saturated rings. The van der Waals surface area contributed by atoms with E-state index in [1.807, 2.05) is 61.5 Å². The number of para-hydroxylation sites is 2. The number of carbonyl (C=O) groups excluding carboxylic acids is 2. The van der Waals surface area contributed by atoms with Gasteiger partial charge in [-0.25, -0.2) is 9.36 Å². The summed E-state index contributed by atoms with van der Waals surface area (Å²) in [5.74, 6) is -1.26. The highest BCUT2D eigenvalue weighted by Gasteiger charge is 2.67. The molecule has 1 spiro atoms. The van der Waals surface area contributed by atoms with Crippen molar-refractivity contribution in [2.45, 2.75) is 69.1 Å². The zero-order valence-corrected chi connectivity index (χ0v) is 32.4. The monoisotopic (exact) mass is 774 g/mol. The molecule has 2 saturated heterocycles. The lowest BCUT2D eigenvalue weighted by Crippen LogP contribution is -2.45. The van der Waals surface area contributed by atoms with Crippen molar-refractivity contribution >= 4 is 47.7 Å². The van der Waals surface area contributed by atoms with Gasteiger partial charge in [-0.2, -0.15) is 0 Å². The number of H-pyrrole nitrogens is 2. The van der Waals surface area contributed by atoms with Gasteiger partial charge in [0.25, 0.3) is 17.0 Å². The number of ether oxygens (including phenoxy) is 1. The van der Waals surface area contributed by atoms with Gasteiger partial charge in [0.2, 0.25) is 14.3 Å². The Morgan fingerprint density at radius 1 is 0.893 bits per heavy atom. The smallest absolute Gasteiger partial charge is 0.279 e. The minimum Gasteiger partial charge on any atom is -0.394 e. The predicted molar refractivity (Wildman–Crippen MR) is 213 cm³/mol. The second kappa shape index (κ2) is 13.3. The highest BCUT2D eigenvalue weighted by Crippen LogP contribution is 2.60. The van der Waals surface area contributed by atoms with Crippen LogP contribution in [0, 0.1) is 5.92 Å². The van der Waals surface area contributed by atoms with Crippen molar-refractivity contribution in [3.63, 3.8) is 0 Å². The zero-order chi connectivity index (χ0) is 39.1. The topological polar surface area (TPSA) is 146 Å². The number of amides is 2. The van der Waals surface area contributed by atoms with Gasteiger partial charge in [-0.3, -0.25) is 29.4 Å². The fourth-order valence-corrected chi connectivity index (χ4v) is 12.1. The van der Waals surface area contributed by atoms with Gasteiger partial charge in [0.1, 0.15) is 0 Å². The van der Waals surface area contributed by atoms with Crippen LogP contribution < -0.4 is 16.0 Å². The number of aromatic nitrogens is 4. The molecule has 12 nitrogen and oxygen atoms in total. The molecule has 5 atom stereocenters. The Kier molecular flexibility index (Phi) is 8.56. The third kappa shape index (κ3) is 5.52. The fraction of sp³-hybridized carbons (Fsp3) is 0.333. The Morgan fingerprint density at radius 2 is 1.50 bits per heavy atom. The summed E-state index contributed by atoms with van der Waals surface area (Å²) < 4.78 is 26.5. The SMILES string of the molecule is C[C@H]1[C@H]([Si](C)(C)F)[C@@H](CC(=O)N2CCC[C@H]2CO)O[C@]12C(=O)N(Cc1ccc(-n3[nH]c4ccccc4c3=O)cc1)c1ccc(-n3[nH]c4ccccc4c3=O)cc12. The largest absolute Gasteiger partial charge is 0.394 e. The number of benzene rings is 4. The quantitative estimate of drug-likeness (QED) is 0.135. The minimum absolute atomic E-state index is 0.119. The summed E-state index contributed by atoms with van der Waals surface area (Å²) in [6, 6.07) is 26.9. The van der Waals surface area contributed by atoms with Crippen molar-refractivity contribution in [2.75, 3.05) is 18.1 Å². The number of nitrogens with zero attached hydrogens (tertiary/aromatic N) is 4. The normalized spacial score (nSPS) is 23.6. The van der Waals surface area contributed by atoms with Crippen molar-refractivity contribution < 1.29 is 23.5 Å². The Hall–Kier alpha value is -5.57. The number of aliphatic hydroxyl groups is 1. The molecule has 3 aliphatic heterocycles. The van der Waals surface area contributed by atoms with E-state index >= 15 is 8.90 Å². The van der Waals surface area contributed by atoms with Gasteiger partial charge >= 0.3 is 0 Å². The molecule has 0 unspecified atom stereocenters. The summed E-state index contributed by atoms with van der Waals surface area (Å²) in [7, 11) is -3.60. The van der Waals surface area contributed by atoms with Crippen LogP contribution in [0.15, 0.2) is 101 Å². The van der Waals surface area contributed by atoms with Gasteiger partial charge in [0, 0.05) is 23.6 Å². The molecule has 9 rings (SSSR count). The van der Waals surface area contributed by atoms with Crippen LogP contribution in [-0.4, -0.2) is 75.1 Å². The van der Waals surface area contributed by atoms with Gasteiger partial charge in [-0.1, -0.05) is 43.3 Å². The predicted octanol–water partition coefficient (Wildman–Crippen LogP) is 5.65. The van der Waals surface area contributed by atoms with E-state index in [1.54, 1.807) is 59.3 Å². The molecular weight excluding hydrogens is 732 g/mol. The van der Waals surface area contributed by atoms with Gasteiger partial charge in [-0.05, 0) is 86.1 Å². The number of rotatable bonds is 8. The molecule has 3 N–H and O–H groups in total. The maximum atomic E-state index is 16.6. The first kappa shape index (κ1) is 36.1. The number of aliphatic hydroxyl groups excluding tert-OH is 1. The summed E-state index contributed by atoms with van der Waals surface area (Å²) in [6.07, 6.45) is 0.448. The molecule has 0 bridgehead atoms. The summed E-state index contributed by atoms with van der Waals surface area (Å²) in [5, 5.41) is 17.4. The lowest BCUT2D eigenvalue weighted by molar-refractivity contribution is -0.150. The Morgan fingerprint density at radius 3 is 2.11 bits per heavy atom. The van der Waals surface area contributed by atoms with Crippen molar-refractivity contribution in [1.29, 1.82) is 0 Å². The highest BCUT2D eigenvalue weighted by molar-refractivity contribution is 6.72. The van der Waals surface area contributed by atoms with Crippen molar-refractivity contribution in [3.8, 4) is 11.4 Å². The number of nitrogens with one attached hydrogen (secondary N) is 2. The number of halogens is 1. The van der Waals surface area contributed by atoms with Crippen LogP contribution in [-0.2, 0) is 26.5 Å². The maximum absolute atomic E-state index is 16.6. The molecule has 5 heterocycles. The third-order valence-corrected chi connectivity index (χ3v) is 14.7. The second-order valence-corrected chi connectivity index (χ2v) is 19.7. The second-order valence-electron chi connectivity index (χ2n) is 15.9. The molecule has 3 aliphatic rings. The summed E-state index contributed by atoms with van der Waals surface area (Å²) in [6.45, 7) is 5.53. The Balaban J connectivity index is 1.12. The van der Waals surface area contributed by atoms with E-state index in [2.05, 4.69) is 10.2 Å². The highest BCUT2D eigenvalue weighted by atomic mass is 28.4. The zero-order valence-electron chi connectivity index (χ0n) is 31.4. The average Bonchev–Trinajstić information content (AvgIpc) is 3.99. The number of hydrogen-bond donors (Lipinski definition) is 3. The number of likely N-dealkylation sites (tertiary alicyclic amines) is 1. The minimum atomic E-state index is -3.60. The lowest BCUT2D eigenvalue weighted by atomic mass is 9.82. The van der Waals surface area contributed by atoms with Crippen LogP contribution in [0.4, 0.5) is 9.80 Å². The number of anilines is 1. The summed E-state index contributed by atoms with van der Waals surface area (Å²) in [5.41, 5.74) is 1.55. The van der Waals surface area contributed by atoms with Crippen LogP contribution in [0.2, 0.25) is 18.6 Å². The van der Waals surface area contributed by atoms with E-state index in [0.29, 0.717) is 51.9 Å². The van der Waals surface area contributed by atoms with Crippen molar-refractivity contribution in [3.05, 3.63) is 123 Å². The van der Waals surface area contributed by atoms with Crippen molar-refractivity contribution in [2.24, 2.45) is 5.92 Å². The van der Waals surface area contributed by atoms with E-state index in [9.17, 15) is 19.5 Å². The summed E-state index contributed by atoms with van der Waals surface area (Å²) in [4.78, 5) is 59.0. The van der Waals surface area contributed by atoms with Crippen LogP contribution >= 0.6 is 0 Å². The number of carbonyl (C=O) groups is 2. The molecule has 14 heteroatoms. The maximum Gasteiger partial charge on any atom is 0.279 e. The summed E-state index contributed by atoms with van der Waals surface area (Å²) >= 11 is 0. The molecule has 0 saturated carbocycles. The molecule has 4 aromatic carbocycles. The number of hydrogen-bond acceptors (Lipinski definition) is 6. The first-order chi connectivity index (χ1) is 26.9. The molecule has 288 valence electrons. The fourth-order valence-electron chi connectivity index (χ4n) is 9.59. The molecule has 56 heavy (non-hydrogen) atoms. The van der Waals surface area contributed by atoms with Gasteiger partial charge in [0.05, 0.1) is 70.6 Å². The first-order valence-corrected chi connectivity index (χ1v) is 22.1. The van der Waals surface area contributed by atoms with E-state index in [1.165, 1.54) is 9.36 Å². The number of aromatic amines is 2. The molecule has 6 aromatic rings. The lowest BCUT2D eigenvalue weighted by Gasteiger charge is -2.31. The Labute approximate surface area is 322 Å². The average molecular weight is 775 g/mol. The number of fused-ring (bicyclic) bond motifs is 4. The van der Waals surface area contributed by atoms with Crippen LogP contribution in [0.5, 0.6) is 0 Å². The van der Waals surface area contributed by atoms with Gasteiger partial charge < -0.3 is 23.8 Å². The van der Waals surface area contributed by atoms with Crippen LogP contribution in [0.25, 0.3) is 33.2 Å². The van der Waals surface area contributed by atoms with E-state index < -0.39 is 31.6 Å². The molecule has 2 aromatic heterocycles. The molecule has 2 amide bonds. The van der Waals surface area contributed by atoms with E-state index in [0.717, 1.165) is 17.5 Å². The molecule has 0 radical (unpaired) electrons. The van der Waals surface area contributed by atoms with Crippen molar-refractivity contribution in [1.82, 2.24) is 24.5 Å². The van der Waals surface area contributed by atoms with Crippen LogP contribution in [0.1, 0.15) is 37.3 Å². The molecule has 0 aliphatic carbocycles. The first-order valence-electron chi connectivity index (χ1n) is 19.1. The van der Waals surface area contributed by atoms with Crippen LogP contribution in [0.3, 0.4) is 0 Å². The van der Waals surface area contributed by atoms with E-state index in [4.69, 9.17) is 4.74 Å². The third-order valence-electron chi connectivity index (χ3n) is 12.2. The Bertz CT molecular complexity index is 2640. The van der Waals surface area contributed by atoms with Gasteiger partial charge in [0.15, 0.2) is 5.60 Å². The van der Waals surface area contributed by atoms with E-state index in [-0.39, 0.29) is 48.5 Å². The van der Waals surface area contributed by atoms with Gasteiger partial charge in [-0.15, -0.1) is 0 Å².